The molecule has 0 spiro atoms. The van der Waals surface area contributed by atoms with E-state index in [0.717, 1.165) is 28.8 Å². The quantitative estimate of drug-likeness (QED) is 0.772. The summed E-state index contributed by atoms with van der Waals surface area (Å²) in [5, 5.41) is 10.9. The second-order valence-electron chi connectivity index (χ2n) is 6.39. The molecular formula is C17H20ClN3O3. The summed E-state index contributed by atoms with van der Waals surface area (Å²) in [6, 6.07) is 8.12. The van der Waals surface area contributed by atoms with Crippen LogP contribution in [-0.4, -0.2) is 49.6 Å². The van der Waals surface area contributed by atoms with E-state index in [-0.39, 0.29) is 24.3 Å². The number of hydrogen-bond acceptors (Lipinski definition) is 6. The molecule has 7 heteroatoms. The van der Waals surface area contributed by atoms with Gasteiger partial charge in [0.05, 0.1) is 26.0 Å². The van der Waals surface area contributed by atoms with Crippen molar-refractivity contribution in [3.63, 3.8) is 0 Å². The molecule has 3 heterocycles. The normalized spacial score (nSPS) is 25.4. The number of ether oxygens (including phenoxy) is 2. The topological polar surface area (TPSA) is 64.6 Å². The zero-order valence-electron chi connectivity index (χ0n) is 13.7. The summed E-state index contributed by atoms with van der Waals surface area (Å²) in [4.78, 5) is 14.5. The zero-order chi connectivity index (χ0) is 16.0. The van der Waals surface area contributed by atoms with Crippen LogP contribution in [0, 0.1) is 18.3 Å². The number of nitrogens with zero attached hydrogens (tertiary/aromatic N) is 3. The second kappa shape index (κ2) is 6.18. The van der Waals surface area contributed by atoms with Gasteiger partial charge in [-0.1, -0.05) is 24.3 Å². The Morgan fingerprint density at radius 2 is 2.08 bits per heavy atom. The predicted octanol–water partition coefficient (Wildman–Crippen LogP) is 1.99. The van der Waals surface area contributed by atoms with Crippen molar-refractivity contribution in [2.75, 3.05) is 38.3 Å². The van der Waals surface area contributed by atoms with Crippen molar-refractivity contribution in [2.45, 2.75) is 6.92 Å². The van der Waals surface area contributed by atoms with Crippen LogP contribution in [-0.2, 0) is 14.3 Å². The molecule has 6 nitrogen and oxygen atoms in total. The van der Waals surface area contributed by atoms with Crippen LogP contribution in [0.4, 0.5) is 5.82 Å². The molecule has 24 heavy (non-hydrogen) atoms. The van der Waals surface area contributed by atoms with Crippen molar-refractivity contribution in [3.05, 3.63) is 30.0 Å². The number of esters is 1. The van der Waals surface area contributed by atoms with Gasteiger partial charge in [0.25, 0.3) is 0 Å². The number of halogens is 1. The van der Waals surface area contributed by atoms with E-state index >= 15 is 0 Å². The maximum atomic E-state index is 12.3. The van der Waals surface area contributed by atoms with Crippen molar-refractivity contribution < 1.29 is 14.3 Å². The minimum atomic E-state index is -0.581. The number of hydrogen-bond donors (Lipinski definition) is 0. The van der Waals surface area contributed by atoms with Crippen molar-refractivity contribution >= 4 is 35.0 Å². The van der Waals surface area contributed by atoms with Gasteiger partial charge in [-0.15, -0.1) is 17.5 Å². The van der Waals surface area contributed by atoms with Crippen molar-refractivity contribution in [2.24, 2.45) is 11.3 Å². The van der Waals surface area contributed by atoms with Gasteiger partial charge in [0.2, 0.25) is 0 Å². The minimum Gasteiger partial charge on any atom is -0.468 e. The molecule has 4 rings (SSSR count). The van der Waals surface area contributed by atoms with Crippen LogP contribution in [0.1, 0.15) is 5.69 Å². The number of fused-ring (bicyclic) bond motifs is 2. The molecule has 2 saturated heterocycles. The number of aromatic nitrogens is 2. The number of rotatable bonds is 2. The monoisotopic (exact) mass is 349 g/mol. The van der Waals surface area contributed by atoms with Gasteiger partial charge in [0.15, 0.2) is 5.82 Å². The Bertz CT molecular complexity index is 785. The molecule has 128 valence electrons. The van der Waals surface area contributed by atoms with Gasteiger partial charge in [0.1, 0.15) is 5.41 Å². The van der Waals surface area contributed by atoms with Crippen molar-refractivity contribution in [1.82, 2.24) is 10.2 Å². The second-order valence-corrected chi connectivity index (χ2v) is 6.39. The van der Waals surface area contributed by atoms with Crippen LogP contribution < -0.4 is 4.90 Å². The fraction of sp³-hybridized carbons (Fsp3) is 0.471. The molecule has 0 bridgehead atoms. The van der Waals surface area contributed by atoms with Gasteiger partial charge >= 0.3 is 5.97 Å². The smallest absolute Gasteiger partial charge is 0.316 e. The molecule has 0 unspecified atom stereocenters. The van der Waals surface area contributed by atoms with E-state index in [1.165, 1.54) is 7.11 Å². The molecule has 0 aliphatic carbocycles. The Morgan fingerprint density at radius 1 is 1.33 bits per heavy atom. The summed E-state index contributed by atoms with van der Waals surface area (Å²) in [7, 11) is 1.44. The molecule has 0 radical (unpaired) electrons. The SMILES string of the molecule is COC(=O)[C@@]12COC[C@@H]1CN(c1nnc(C)c3ccccc13)C2.Cl. The maximum Gasteiger partial charge on any atom is 0.316 e. The first kappa shape index (κ1) is 16.9. The van der Waals surface area contributed by atoms with E-state index in [1.807, 2.05) is 19.1 Å². The lowest BCUT2D eigenvalue weighted by Crippen LogP contribution is -2.40. The summed E-state index contributed by atoms with van der Waals surface area (Å²) in [5.41, 5.74) is 0.331. The van der Waals surface area contributed by atoms with Gasteiger partial charge in [0, 0.05) is 29.8 Å². The molecule has 0 saturated carbocycles. The van der Waals surface area contributed by atoms with Crippen molar-refractivity contribution in [1.29, 1.82) is 0 Å². The predicted molar refractivity (Wildman–Crippen MR) is 92.5 cm³/mol. The lowest BCUT2D eigenvalue weighted by molar-refractivity contribution is -0.152. The average Bonchev–Trinajstić information content (AvgIpc) is 3.13. The number of benzene rings is 1. The van der Waals surface area contributed by atoms with Gasteiger partial charge < -0.3 is 14.4 Å². The average molecular weight is 350 g/mol. The first-order chi connectivity index (χ1) is 11.2. The third-order valence-corrected chi connectivity index (χ3v) is 5.12. The van der Waals surface area contributed by atoms with Gasteiger partial charge in [-0.05, 0) is 6.92 Å². The molecule has 2 aromatic rings. The van der Waals surface area contributed by atoms with Gasteiger partial charge in [-0.3, -0.25) is 4.79 Å². The van der Waals surface area contributed by atoms with E-state index in [4.69, 9.17) is 9.47 Å². The standard InChI is InChI=1S/C17H19N3O3.ClH/c1-11-13-5-3-4-6-14(13)15(19-18-11)20-7-12-8-23-10-17(12,9-20)16(21)22-2;/h3-6,12H,7-10H2,1-2H3;1H/t12-,17-;/m0./s1. The highest BCUT2D eigenvalue weighted by molar-refractivity contribution is 5.94. The number of carbonyl (C=O) groups is 1. The van der Waals surface area contributed by atoms with E-state index in [0.29, 0.717) is 19.8 Å². The lowest BCUT2D eigenvalue weighted by atomic mass is 9.81. The van der Waals surface area contributed by atoms with Gasteiger partial charge in [-0.25, -0.2) is 0 Å². The molecule has 0 N–H and O–H groups in total. The fourth-order valence-electron chi connectivity index (χ4n) is 3.85. The Labute approximate surface area is 146 Å². The Balaban J connectivity index is 0.00000169. The molecular weight excluding hydrogens is 330 g/mol. The Hall–Kier alpha value is -1.92. The molecule has 2 fully saturated rings. The van der Waals surface area contributed by atoms with E-state index in [9.17, 15) is 4.79 Å². The van der Waals surface area contributed by atoms with Crippen LogP contribution in [0.25, 0.3) is 10.8 Å². The summed E-state index contributed by atoms with van der Waals surface area (Å²) in [6.45, 7) is 4.26. The first-order valence-corrected chi connectivity index (χ1v) is 7.79. The largest absolute Gasteiger partial charge is 0.468 e. The number of methoxy groups -OCH3 is 1. The summed E-state index contributed by atoms with van der Waals surface area (Å²) < 4.78 is 10.6. The maximum absolute atomic E-state index is 12.3. The first-order valence-electron chi connectivity index (χ1n) is 7.79. The molecule has 2 aliphatic rings. The zero-order valence-corrected chi connectivity index (χ0v) is 14.5. The molecule has 1 aromatic heterocycles. The van der Waals surface area contributed by atoms with Crippen LogP contribution in [0.5, 0.6) is 0 Å². The molecule has 2 atom stereocenters. The van der Waals surface area contributed by atoms with Crippen LogP contribution >= 0.6 is 12.4 Å². The highest BCUT2D eigenvalue weighted by atomic mass is 35.5. The molecule has 1 aromatic carbocycles. The van der Waals surface area contributed by atoms with Crippen molar-refractivity contribution in [3.8, 4) is 0 Å². The number of anilines is 1. The van der Waals surface area contributed by atoms with E-state index < -0.39 is 5.41 Å². The highest BCUT2D eigenvalue weighted by Gasteiger charge is 2.57. The number of carbonyl (C=O) groups excluding carboxylic acids is 1. The van der Waals surface area contributed by atoms with E-state index in [1.54, 1.807) is 0 Å². The van der Waals surface area contributed by atoms with Crippen LogP contribution in [0.15, 0.2) is 24.3 Å². The third-order valence-electron chi connectivity index (χ3n) is 5.12. The van der Waals surface area contributed by atoms with Crippen LogP contribution in [0.3, 0.4) is 0 Å². The Morgan fingerprint density at radius 3 is 2.83 bits per heavy atom. The summed E-state index contributed by atoms with van der Waals surface area (Å²) >= 11 is 0. The summed E-state index contributed by atoms with van der Waals surface area (Å²) in [5.74, 6) is 0.785. The van der Waals surface area contributed by atoms with E-state index in [2.05, 4.69) is 27.2 Å². The highest BCUT2D eigenvalue weighted by Crippen LogP contribution is 2.44. The molecule has 2 aliphatic heterocycles. The Kier molecular flexibility index (Phi) is 4.36. The summed E-state index contributed by atoms with van der Waals surface area (Å²) in [6.07, 6.45) is 0. The lowest BCUT2D eigenvalue weighted by Gasteiger charge is -2.24. The van der Waals surface area contributed by atoms with Gasteiger partial charge in [-0.2, -0.15) is 5.10 Å². The van der Waals surface area contributed by atoms with Crippen LogP contribution in [0.2, 0.25) is 0 Å². The number of aryl methyl sites for hydroxylation is 1. The minimum absolute atomic E-state index is 0. The molecule has 0 amide bonds. The fourth-order valence-corrected chi connectivity index (χ4v) is 3.85. The third kappa shape index (κ3) is 2.32.